The van der Waals surface area contributed by atoms with Gasteiger partial charge in [0.15, 0.2) is 0 Å². The summed E-state index contributed by atoms with van der Waals surface area (Å²) in [4.78, 5) is 4.58. The van der Waals surface area contributed by atoms with E-state index in [2.05, 4.69) is 37.1 Å². The molecule has 1 radical (unpaired) electrons. The van der Waals surface area contributed by atoms with Gasteiger partial charge in [-0.3, -0.25) is 6.08 Å². The molecule has 1 nitrogen and oxygen atoms in total. The van der Waals surface area contributed by atoms with Crippen molar-refractivity contribution in [3.05, 3.63) is 23.8 Å². The van der Waals surface area contributed by atoms with Crippen LogP contribution < -0.4 is 0 Å². The minimum Gasteiger partial charge on any atom is -0.380 e. The Morgan fingerprint density at radius 1 is 1.36 bits per heavy atom. The van der Waals surface area contributed by atoms with Crippen LogP contribution in [-0.2, 0) is 32.7 Å². The van der Waals surface area contributed by atoms with Crippen LogP contribution in [0.4, 0.5) is 0 Å². The maximum Gasteiger partial charge on any atom is 0.0267 e. The number of hydrogen-bond donors (Lipinski definition) is 0. The zero-order chi connectivity index (χ0) is 9.84. The summed E-state index contributed by atoms with van der Waals surface area (Å²) in [6, 6.07) is 0.471. The first-order chi connectivity index (χ1) is 6.27. The van der Waals surface area contributed by atoms with E-state index in [0.29, 0.717) is 12.0 Å². The molecule has 1 heterocycles. The normalized spacial score (nSPS) is 27.7. The molecule has 0 aromatic heterocycles. The third-order valence-corrected chi connectivity index (χ3v) is 2.42. The van der Waals surface area contributed by atoms with Gasteiger partial charge in [0.05, 0.1) is 0 Å². The SMILES string of the molecule is CC.CC1=[C-]C2C=CCC2N=C1C.[Y]. The van der Waals surface area contributed by atoms with E-state index in [0.717, 1.165) is 12.1 Å². The number of allylic oxidation sites excluding steroid dienone is 1. The Labute approximate surface area is 113 Å². The van der Waals surface area contributed by atoms with Crippen LogP contribution in [0.5, 0.6) is 0 Å². The Hall–Kier alpha value is 0.254. The standard InChI is InChI=1S/C10H12N.C2H6.Y/c1-7-6-9-4-3-5-10(9)11-8(7)2;1-2;/h3-4,9-10H,5H2,1-2H3;1-2H3;/q-1;;. The molecule has 0 saturated carbocycles. The van der Waals surface area contributed by atoms with Crippen molar-refractivity contribution in [3.63, 3.8) is 0 Å². The predicted molar refractivity (Wildman–Crippen MR) is 57.9 cm³/mol. The van der Waals surface area contributed by atoms with Gasteiger partial charge in [-0.15, -0.1) is 5.71 Å². The molecule has 0 N–H and O–H groups in total. The minimum atomic E-state index is 0. The van der Waals surface area contributed by atoms with Gasteiger partial charge in [0.2, 0.25) is 0 Å². The predicted octanol–water partition coefficient (Wildman–Crippen LogP) is 3.18. The van der Waals surface area contributed by atoms with Crippen LogP contribution in [0.25, 0.3) is 0 Å². The second-order valence-corrected chi connectivity index (χ2v) is 3.24. The average molecular weight is 265 g/mol. The Bertz CT molecular complexity index is 263. The maximum atomic E-state index is 4.58. The smallest absolute Gasteiger partial charge is 0.0267 e. The largest absolute Gasteiger partial charge is 0.380 e. The van der Waals surface area contributed by atoms with Crippen molar-refractivity contribution in [3.8, 4) is 0 Å². The van der Waals surface area contributed by atoms with Crippen molar-refractivity contribution < 1.29 is 32.7 Å². The summed E-state index contributed by atoms with van der Waals surface area (Å²) >= 11 is 0. The first kappa shape index (κ1) is 14.3. The van der Waals surface area contributed by atoms with Gasteiger partial charge in [0, 0.05) is 38.8 Å². The van der Waals surface area contributed by atoms with Crippen LogP contribution >= 0.6 is 0 Å². The third-order valence-electron chi connectivity index (χ3n) is 2.42. The van der Waals surface area contributed by atoms with Crippen LogP contribution in [0.15, 0.2) is 22.7 Å². The average Bonchev–Trinajstić information content (AvgIpc) is 2.56. The van der Waals surface area contributed by atoms with E-state index in [1.165, 1.54) is 5.57 Å². The van der Waals surface area contributed by atoms with E-state index in [4.69, 9.17) is 0 Å². The Morgan fingerprint density at radius 3 is 2.64 bits per heavy atom. The van der Waals surface area contributed by atoms with E-state index in [-0.39, 0.29) is 32.7 Å². The molecule has 2 heteroatoms. The number of dihydropyridines is 1. The summed E-state index contributed by atoms with van der Waals surface area (Å²) in [5.74, 6) is 0.471. The van der Waals surface area contributed by atoms with E-state index >= 15 is 0 Å². The number of fused-ring (bicyclic) bond motifs is 1. The first-order valence-corrected chi connectivity index (χ1v) is 5.09. The number of rotatable bonds is 0. The van der Waals surface area contributed by atoms with Gasteiger partial charge in [0.25, 0.3) is 0 Å². The fourth-order valence-electron chi connectivity index (χ4n) is 1.62. The summed E-state index contributed by atoms with van der Waals surface area (Å²) in [5, 5.41) is 0. The number of nitrogens with zero attached hydrogens (tertiary/aromatic N) is 1. The number of aliphatic imine (C=N–C) groups is 1. The molecule has 0 spiro atoms. The van der Waals surface area contributed by atoms with E-state index < -0.39 is 0 Å². The van der Waals surface area contributed by atoms with Crippen molar-refractivity contribution in [2.75, 3.05) is 0 Å². The fraction of sp³-hybridized carbons (Fsp3) is 0.583. The van der Waals surface area contributed by atoms with Gasteiger partial charge >= 0.3 is 0 Å². The van der Waals surface area contributed by atoms with Crippen molar-refractivity contribution in [2.24, 2.45) is 10.9 Å². The monoisotopic (exact) mass is 265 g/mol. The maximum absolute atomic E-state index is 4.58. The van der Waals surface area contributed by atoms with Gasteiger partial charge < -0.3 is 4.99 Å². The van der Waals surface area contributed by atoms with Crippen molar-refractivity contribution in [2.45, 2.75) is 40.2 Å². The van der Waals surface area contributed by atoms with Gasteiger partial charge in [0.1, 0.15) is 0 Å². The second kappa shape index (κ2) is 6.69. The zero-order valence-electron chi connectivity index (χ0n) is 9.54. The molecular formula is C12H18NY-. The Balaban J connectivity index is 0.000000531. The fourth-order valence-corrected chi connectivity index (χ4v) is 1.62. The molecule has 0 saturated heterocycles. The van der Waals surface area contributed by atoms with Gasteiger partial charge in [-0.1, -0.05) is 45.8 Å². The van der Waals surface area contributed by atoms with Crippen molar-refractivity contribution in [1.29, 1.82) is 0 Å². The summed E-state index contributed by atoms with van der Waals surface area (Å²) in [5.41, 5.74) is 2.38. The summed E-state index contributed by atoms with van der Waals surface area (Å²) in [6.45, 7) is 8.15. The minimum absolute atomic E-state index is 0. The first-order valence-electron chi connectivity index (χ1n) is 5.09. The molecule has 2 aliphatic rings. The molecule has 0 aromatic carbocycles. The van der Waals surface area contributed by atoms with Crippen molar-refractivity contribution >= 4 is 5.71 Å². The van der Waals surface area contributed by atoms with Crippen molar-refractivity contribution in [1.82, 2.24) is 0 Å². The van der Waals surface area contributed by atoms with E-state index in [9.17, 15) is 0 Å². The molecule has 0 amide bonds. The summed E-state index contributed by atoms with van der Waals surface area (Å²) in [7, 11) is 0. The van der Waals surface area contributed by atoms with Gasteiger partial charge in [-0.2, -0.15) is 0 Å². The molecule has 1 aliphatic heterocycles. The third kappa shape index (κ3) is 3.13. The molecule has 2 rings (SSSR count). The molecule has 0 fully saturated rings. The molecule has 2 unspecified atom stereocenters. The topological polar surface area (TPSA) is 12.4 Å². The second-order valence-electron chi connectivity index (χ2n) is 3.24. The molecule has 1 aliphatic carbocycles. The Morgan fingerprint density at radius 2 is 2.00 bits per heavy atom. The zero-order valence-corrected chi connectivity index (χ0v) is 12.4. The van der Waals surface area contributed by atoms with Gasteiger partial charge in [-0.25, -0.2) is 5.57 Å². The van der Waals surface area contributed by atoms with Gasteiger partial charge in [-0.05, 0) is 6.42 Å². The van der Waals surface area contributed by atoms with Crippen LogP contribution in [0, 0.1) is 12.0 Å². The quantitative estimate of drug-likeness (QED) is 0.471. The summed E-state index contributed by atoms with van der Waals surface area (Å²) < 4.78 is 0. The van der Waals surface area contributed by atoms with Crippen LogP contribution in [0.2, 0.25) is 0 Å². The summed E-state index contributed by atoms with van der Waals surface area (Å²) in [6.07, 6.45) is 8.95. The number of hydrogen-bond acceptors (Lipinski definition) is 1. The van der Waals surface area contributed by atoms with Crippen LogP contribution in [-0.4, -0.2) is 11.8 Å². The molecule has 0 aromatic rings. The Kier molecular flexibility index (Phi) is 6.81. The van der Waals surface area contributed by atoms with E-state index in [1.807, 2.05) is 13.8 Å². The van der Waals surface area contributed by atoms with Crippen LogP contribution in [0.3, 0.4) is 0 Å². The molecule has 14 heavy (non-hydrogen) atoms. The molecule has 0 bridgehead atoms. The van der Waals surface area contributed by atoms with E-state index in [1.54, 1.807) is 0 Å². The van der Waals surface area contributed by atoms with Crippen LogP contribution in [0.1, 0.15) is 34.1 Å². The molecule has 75 valence electrons. The molecule has 2 atom stereocenters. The molecular weight excluding hydrogens is 247 g/mol.